The first-order chi connectivity index (χ1) is 16.4. The number of sulfonamides is 1. The summed E-state index contributed by atoms with van der Waals surface area (Å²) < 4.78 is 39.0. The maximum atomic E-state index is 13.2. The lowest BCUT2D eigenvalue weighted by atomic mass is 10.2. The van der Waals surface area contributed by atoms with Gasteiger partial charge in [0.1, 0.15) is 16.4 Å². The molecule has 7 nitrogen and oxygen atoms in total. The van der Waals surface area contributed by atoms with Crippen LogP contribution in [0.1, 0.15) is 10.4 Å². The van der Waals surface area contributed by atoms with Crippen molar-refractivity contribution in [2.24, 2.45) is 0 Å². The first-order valence-corrected chi connectivity index (χ1v) is 13.0. The van der Waals surface area contributed by atoms with Crippen LogP contribution in [-0.4, -0.2) is 28.5 Å². The van der Waals surface area contributed by atoms with Crippen LogP contribution in [0.3, 0.4) is 0 Å². The second-order valence-electron chi connectivity index (χ2n) is 6.76. The number of halogens is 6. The number of carbonyl (C=O) groups is 1. The lowest BCUT2D eigenvalue weighted by Crippen LogP contribution is -2.17. The largest absolute Gasteiger partial charge is 0.495 e. The standard InChI is InChI=1S/C21H14Cl6N2O5S/c1-33-18-8-19(34-2)17(7-14(18)26)29-35(31,32)20-3-9(10(22)4-15(20)27)21(30)28-16-6-12(24)11(23)5-13(16)25/h3-8,29H,1-2H3,(H,28,30). The third-order valence-corrected chi connectivity index (χ3v) is 8.01. The van der Waals surface area contributed by atoms with Gasteiger partial charge in [-0.15, -0.1) is 0 Å². The predicted octanol–water partition coefficient (Wildman–Crippen LogP) is 7.68. The monoisotopic (exact) mass is 616 g/mol. The van der Waals surface area contributed by atoms with Gasteiger partial charge in [0.2, 0.25) is 0 Å². The summed E-state index contributed by atoms with van der Waals surface area (Å²) in [5.41, 5.74) is -0.0477. The van der Waals surface area contributed by atoms with Crippen LogP contribution in [-0.2, 0) is 10.0 Å². The van der Waals surface area contributed by atoms with Crippen LogP contribution >= 0.6 is 69.6 Å². The average Bonchev–Trinajstić information content (AvgIpc) is 2.77. The van der Waals surface area contributed by atoms with Gasteiger partial charge < -0.3 is 14.8 Å². The van der Waals surface area contributed by atoms with Crippen molar-refractivity contribution >= 4 is 96.9 Å². The normalized spacial score (nSPS) is 11.2. The molecule has 3 rings (SSSR count). The van der Waals surface area contributed by atoms with Crippen LogP contribution in [0, 0.1) is 0 Å². The van der Waals surface area contributed by atoms with Crippen LogP contribution in [0.25, 0.3) is 0 Å². The second kappa shape index (κ2) is 11.1. The van der Waals surface area contributed by atoms with E-state index in [4.69, 9.17) is 79.1 Å². The van der Waals surface area contributed by atoms with Gasteiger partial charge in [-0.05, 0) is 30.3 Å². The highest BCUT2D eigenvalue weighted by molar-refractivity contribution is 7.92. The van der Waals surface area contributed by atoms with Crippen LogP contribution in [0.15, 0.2) is 41.3 Å². The summed E-state index contributed by atoms with van der Waals surface area (Å²) in [5.74, 6) is -0.364. The number of carbonyl (C=O) groups excluding carboxylic acids is 1. The number of ether oxygens (including phenoxy) is 2. The molecule has 0 radical (unpaired) electrons. The molecule has 2 N–H and O–H groups in total. The molecular weight excluding hydrogens is 605 g/mol. The Kier molecular flexibility index (Phi) is 8.81. The lowest BCUT2D eigenvalue weighted by molar-refractivity contribution is 0.102. The smallest absolute Gasteiger partial charge is 0.263 e. The topological polar surface area (TPSA) is 93.7 Å². The Morgan fingerprint density at radius 2 is 1.26 bits per heavy atom. The van der Waals surface area contributed by atoms with Crippen molar-refractivity contribution in [3.8, 4) is 11.5 Å². The van der Waals surface area contributed by atoms with Crippen molar-refractivity contribution in [3.63, 3.8) is 0 Å². The van der Waals surface area contributed by atoms with E-state index in [1.54, 1.807) is 0 Å². The van der Waals surface area contributed by atoms with Gasteiger partial charge in [0.15, 0.2) is 0 Å². The Hall–Kier alpha value is -1.78. The van der Waals surface area contributed by atoms with Gasteiger partial charge in [-0.2, -0.15) is 0 Å². The van der Waals surface area contributed by atoms with Crippen molar-refractivity contribution in [1.82, 2.24) is 0 Å². The average molecular weight is 619 g/mol. The number of nitrogens with one attached hydrogen (secondary N) is 2. The van der Waals surface area contributed by atoms with E-state index in [0.717, 1.165) is 12.1 Å². The number of rotatable bonds is 7. The van der Waals surface area contributed by atoms with E-state index in [-0.39, 0.29) is 58.6 Å². The molecule has 0 unspecified atom stereocenters. The van der Waals surface area contributed by atoms with Gasteiger partial charge in [-0.25, -0.2) is 8.42 Å². The summed E-state index contributed by atoms with van der Waals surface area (Å²) in [7, 11) is -1.61. The van der Waals surface area contributed by atoms with Crippen LogP contribution in [0.5, 0.6) is 11.5 Å². The summed E-state index contributed by atoms with van der Waals surface area (Å²) in [6.07, 6.45) is 0. The zero-order valence-corrected chi connectivity index (χ0v) is 23.0. The zero-order chi connectivity index (χ0) is 26.1. The maximum Gasteiger partial charge on any atom is 0.263 e. The quantitative estimate of drug-likeness (QED) is 0.265. The SMILES string of the molecule is COc1cc(OC)c(NS(=O)(=O)c2cc(C(=O)Nc3cc(Cl)c(Cl)cc3Cl)c(Cl)cc2Cl)cc1Cl. The van der Waals surface area contributed by atoms with Gasteiger partial charge in [0, 0.05) is 6.07 Å². The first-order valence-electron chi connectivity index (χ1n) is 9.27. The molecule has 0 aliphatic heterocycles. The third kappa shape index (κ3) is 6.14. The first kappa shape index (κ1) is 27.8. The molecule has 0 spiro atoms. The summed E-state index contributed by atoms with van der Waals surface area (Å²) >= 11 is 36.5. The Balaban J connectivity index is 2.00. The Morgan fingerprint density at radius 1 is 0.686 bits per heavy atom. The molecular formula is C21H14Cl6N2O5S. The molecule has 0 heterocycles. The summed E-state index contributed by atoms with van der Waals surface area (Å²) in [6.45, 7) is 0. The van der Waals surface area contributed by atoms with Crippen molar-refractivity contribution in [2.75, 3.05) is 24.3 Å². The molecule has 3 aromatic rings. The van der Waals surface area contributed by atoms with E-state index in [2.05, 4.69) is 10.0 Å². The highest BCUT2D eigenvalue weighted by Gasteiger charge is 2.25. The number of amides is 1. The van der Waals surface area contributed by atoms with Gasteiger partial charge in [-0.3, -0.25) is 9.52 Å². The fourth-order valence-corrected chi connectivity index (χ4v) is 5.61. The molecule has 3 aromatic carbocycles. The van der Waals surface area contributed by atoms with E-state index >= 15 is 0 Å². The van der Waals surface area contributed by atoms with Crippen LogP contribution in [0.2, 0.25) is 30.1 Å². The fraction of sp³-hybridized carbons (Fsp3) is 0.0952. The van der Waals surface area contributed by atoms with E-state index in [0.29, 0.717) is 0 Å². The molecule has 1 amide bonds. The van der Waals surface area contributed by atoms with Crippen molar-refractivity contribution < 1.29 is 22.7 Å². The lowest BCUT2D eigenvalue weighted by Gasteiger charge is -2.16. The molecule has 186 valence electrons. The van der Waals surface area contributed by atoms with Crippen molar-refractivity contribution in [3.05, 3.63) is 72.1 Å². The van der Waals surface area contributed by atoms with Gasteiger partial charge in [0.25, 0.3) is 15.9 Å². The highest BCUT2D eigenvalue weighted by atomic mass is 35.5. The Morgan fingerprint density at radius 3 is 1.89 bits per heavy atom. The molecule has 0 saturated carbocycles. The molecule has 0 aromatic heterocycles. The van der Waals surface area contributed by atoms with Crippen molar-refractivity contribution in [2.45, 2.75) is 4.90 Å². The number of methoxy groups -OCH3 is 2. The van der Waals surface area contributed by atoms with Gasteiger partial charge in [0.05, 0.1) is 61.3 Å². The second-order valence-corrected chi connectivity index (χ2v) is 10.8. The molecule has 35 heavy (non-hydrogen) atoms. The fourth-order valence-electron chi connectivity index (χ4n) is 2.86. The predicted molar refractivity (Wildman–Crippen MR) is 141 cm³/mol. The summed E-state index contributed by atoms with van der Waals surface area (Å²) in [4.78, 5) is 12.5. The molecule has 14 heteroatoms. The molecule has 0 aliphatic carbocycles. The maximum absolute atomic E-state index is 13.2. The minimum absolute atomic E-state index is 0.0120. The Labute approximate surface area is 231 Å². The van der Waals surface area contributed by atoms with Crippen molar-refractivity contribution in [1.29, 1.82) is 0 Å². The molecule has 0 bridgehead atoms. The zero-order valence-electron chi connectivity index (χ0n) is 17.7. The highest BCUT2D eigenvalue weighted by Crippen LogP contribution is 2.38. The number of anilines is 2. The summed E-state index contributed by atoms with van der Waals surface area (Å²) in [5, 5.41) is 2.75. The number of hydrogen-bond acceptors (Lipinski definition) is 5. The van der Waals surface area contributed by atoms with E-state index in [1.807, 2.05) is 0 Å². The molecule has 0 atom stereocenters. The van der Waals surface area contributed by atoms with E-state index < -0.39 is 20.8 Å². The molecule has 0 aliphatic rings. The summed E-state index contributed by atoms with van der Waals surface area (Å²) in [6, 6.07) is 7.54. The molecule has 0 fully saturated rings. The third-order valence-electron chi connectivity index (χ3n) is 4.53. The molecule has 0 saturated heterocycles. The van der Waals surface area contributed by atoms with Crippen LogP contribution < -0.4 is 19.5 Å². The van der Waals surface area contributed by atoms with E-state index in [9.17, 15) is 13.2 Å². The minimum Gasteiger partial charge on any atom is -0.495 e. The number of benzene rings is 3. The van der Waals surface area contributed by atoms with E-state index in [1.165, 1.54) is 38.5 Å². The van der Waals surface area contributed by atoms with Gasteiger partial charge >= 0.3 is 0 Å². The Bertz CT molecular complexity index is 1430. The van der Waals surface area contributed by atoms with Crippen LogP contribution in [0.4, 0.5) is 11.4 Å². The minimum atomic E-state index is -4.34. The van der Waals surface area contributed by atoms with Gasteiger partial charge in [-0.1, -0.05) is 69.6 Å². The number of hydrogen-bond donors (Lipinski definition) is 2.